The lowest BCUT2D eigenvalue weighted by atomic mass is 9.68. The first-order valence-corrected chi connectivity index (χ1v) is 25.3. The molecule has 0 aromatic carbocycles. The minimum Gasteiger partial charge on any atom is -0.303 e. The molecule has 1 heterocycles. The van der Waals surface area contributed by atoms with Crippen LogP contribution < -0.4 is 0 Å². The molecule has 2 saturated carbocycles. The molecule has 16 unspecified atom stereocenters. The van der Waals surface area contributed by atoms with E-state index in [4.69, 9.17) is 0 Å². The van der Waals surface area contributed by atoms with Gasteiger partial charge in [0, 0.05) is 12.6 Å². The minimum absolute atomic E-state index is 0.672. The monoisotopic (exact) mass is 758 g/mol. The van der Waals surface area contributed by atoms with E-state index in [2.05, 4.69) is 104 Å². The zero-order valence-corrected chi connectivity index (χ0v) is 38.4. The molecule has 0 radical (unpaired) electrons. The molecule has 1 heteroatoms. The average Bonchev–Trinajstić information content (AvgIpc) is 3.17. The van der Waals surface area contributed by atoms with Gasteiger partial charge in [-0.2, -0.15) is 0 Å². The Morgan fingerprint density at radius 1 is 0.636 bits per heavy atom. The van der Waals surface area contributed by atoms with E-state index in [1.165, 1.54) is 141 Å². The molecule has 4 aliphatic carbocycles. The molecular formula is C54H95N. The number of hydrogen-bond donors (Lipinski definition) is 0. The summed E-state index contributed by atoms with van der Waals surface area (Å²) >= 11 is 0. The van der Waals surface area contributed by atoms with Crippen molar-refractivity contribution in [1.82, 2.24) is 4.90 Å². The number of allylic oxidation sites excluding steroid dienone is 6. The summed E-state index contributed by atoms with van der Waals surface area (Å²) in [5, 5.41) is 0. The van der Waals surface area contributed by atoms with Crippen LogP contribution in [0.2, 0.25) is 0 Å². The zero-order chi connectivity index (χ0) is 39.3. The van der Waals surface area contributed by atoms with Crippen molar-refractivity contribution in [2.75, 3.05) is 13.6 Å². The van der Waals surface area contributed by atoms with E-state index in [1.54, 1.807) is 6.42 Å². The molecule has 0 spiro atoms. The molecule has 5 rings (SSSR count). The Balaban J connectivity index is 1.14. The maximum Gasteiger partial charge on any atom is 0.0126 e. The summed E-state index contributed by atoms with van der Waals surface area (Å²) in [6, 6.07) is 0.815. The van der Waals surface area contributed by atoms with Gasteiger partial charge in [0.15, 0.2) is 0 Å². The van der Waals surface area contributed by atoms with Gasteiger partial charge in [-0.3, -0.25) is 0 Å². The summed E-state index contributed by atoms with van der Waals surface area (Å²) in [5.41, 5.74) is 0. The fourth-order valence-corrected chi connectivity index (χ4v) is 13.8. The third kappa shape index (κ3) is 13.9. The fourth-order valence-electron chi connectivity index (χ4n) is 13.8. The number of likely N-dealkylation sites (tertiary alicyclic amines) is 1. The van der Waals surface area contributed by atoms with E-state index in [1.807, 2.05) is 0 Å². The highest BCUT2D eigenvalue weighted by Gasteiger charge is 2.36. The Kier molecular flexibility index (Phi) is 19.0. The lowest BCUT2D eigenvalue weighted by Gasteiger charge is -2.44. The number of piperidine rings is 1. The van der Waals surface area contributed by atoms with Crippen molar-refractivity contribution in [1.29, 1.82) is 0 Å². The first kappa shape index (κ1) is 45.3. The van der Waals surface area contributed by atoms with E-state index in [9.17, 15) is 0 Å². The predicted octanol–water partition coefficient (Wildman–Crippen LogP) is 16.0. The zero-order valence-electron chi connectivity index (χ0n) is 38.4. The van der Waals surface area contributed by atoms with Crippen LogP contribution in [0, 0.1) is 88.8 Å². The summed E-state index contributed by atoms with van der Waals surface area (Å²) in [5.74, 6) is 13.2. The van der Waals surface area contributed by atoms with Crippen LogP contribution in [-0.4, -0.2) is 24.5 Å². The maximum atomic E-state index is 2.81. The van der Waals surface area contributed by atoms with Crippen LogP contribution in [0.3, 0.4) is 0 Å². The average molecular weight is 758 g/mol. The quantitative estimate of drug-likeness (QED) is 0.119. The molecular weight excluding hydrogens is 663 g/mol. The Bertz CT molecular complexity index is 1150. The molecule has 0 aromatic rings. The summed E-state index contributed by atoms with van der Waals surface area (Å²) < 4.78 is 0. The van der Waals surface area contributed by atoms with Crippen molar-refractivity contribution < 1.29 is 0 Å². The molecule has 1 aliphatic heterocycles. The molecule has 16 atom stereocenters. The Morgan fingerprint density at radius 3 is 2.00 bits per heavy atom. The largest absolute Gasteiger partial charge is 0.303 e. The van der Waals surface area contributed by atoms with Crippen molar-refractivity contribution in [3.8, 4) is 0 Å². The molecule has 1 nitrogen and oxygen atoms in total. The van der Waals surface area contributed by atoms with Crippen LogP contribution in [0.5, 0.6) is 0 Å². The van der Waals surface area contributed by atoms with Crippen molar-refractivity contribution in [2.45, 2.75) is 203 Å². The highest BCUT2D eigenvalue weighted by atomic mass is 15.1. The van der Waals surface area contributed by atoms with Gasteiger partial charge >= 0.3 is 0 Å². The van der Waals surface area contributed by atoms with Crippen molar-refractivity contribution in [3.63, 3.8) is 0 Å². The van der Waals surface area contributed by atoms with Gasteiger partial charge in [-0.25, -0.2) is 0 Å². The number of rotatable bonds is 19. The molecule has 1 saturated heterocycles. The lowest BCUT2D eigenvalue weighted by molar-refractivity contribution is 0.0652. The van der Waals surface area contributed by atoms with Crippen LogP contribution in [0.15, 0.2) is 36.5 Å². The summed E-state index contributed by atoms with van der Waals surface area (Å²) in [7, 11) is 2.47. The molecule has 55 heavy (non-hydrogen) atoms. The van der Waals surface area contributed by atoms with Crippen molar-refractivity contribution >= 4 is 0 Å². The standard InChI is InChI=1S/C54H95N/c1-10-45(23-21-42(6)51-18-14-12-16-40(51)4)25-28-48-35-49(29-26-46(11-2)24-22-43(7)52-32-20-39(3)34-44(52)8)37-50(36-48)30-27-47-31-33-54(55(9)38-47)53-19-15-13-17-41(53)5/h13-14,17-18,21,23,39-54H,10-12,15-16,19-20,22,24-38H2,1-9H3/b23-21-. The second kappa shape index (κ2) is 23.1. The highest BCUT2D eigenvalue weighted by molar-refractivity contribution is 5.04. The van der Waals surface area contributed by atoms with Gasteiger partial charge in [0.25, 0.3) is 0 Å². The molecule has 0 amide bonds. The summed E-state index contributed by atoms with van der Waals surface area (Å²) in [4.78, 5) is 2.81. The van der Waals surface area contributed by atoms with E-state index in [0.29, 0.717) is 5.92 Å². The van der Waals surface area contributed by atoms with Crippen LogP contribution >= 0.6 is 0 Å². The summed E-state index contributed by atoms with van der Waals surface area (Å²) in [6.07, 6.45) is 47.1. The topological polar surface area (TPSA) is 3.24 Å². The van der Waals surface area contributed by atoms with Crippen LogP contribution in [0.4, 0.5) is 0 Å². The van der Waals surface area contributed by atoms with Crippen LogP contribution in [0.25, 0.3) is 0 Å². The van der Waals surface area contributed by atoms with Crippen molar-refractivity contribution in [2.24, 2.45) is 88.8 Å². The first-order valence-electron chi connectivity index (χ1n) is 25.3. The van der Waals surface area contributed by atoms with Crippen LogP contribution in [0.1, 0.15) is 197 Å². The summed E-state index contributed by atoms with van der Waals surface area (Å²) in [6.45, 7) is 21.4. The molecule has 316 valence electrons. The van der Waals surface area contributed by atoms with Crippen LogP contribution in [-0.2, 0) is 0 Å². The Hall–Kier alpha value is -0.820. The molecule has 0 bridgehead atoms. The second-order valence-corrected chi connectivity index (χ2v) is 21.9. The molecule has 5 aliphatic rings. The maximum absolute atomic E-state index is 2.81. The number of nitrogens with zero attached hydrogens (tertiary/aromatic N) is 1. The Labute approximate surface area is 345 Å². The minimum atomic E-state index is 0.672. The smallest absolute Gasteiger partial charge is 0.0126 e. The van der Waals surface area contributed by atoms with E-state index in [-0.39, 0.29) is 0 Å². The Morgan fingerprint density at radius 2 is 1.33 bits per heavy atom. The van der Waals surface area contributed by atoms with E-state index in [0.717, 1.165) is 88.9 Å². The van der Waals surface area contributed by atoms with E-state index >= 15 is 0 Å². The van der Waals surface area contributed by atoms with Gasteiger partial charge < -0.3 is 4.90 Å². The molecule has 0 aromatic heterocycles. The van der Waals surface area contributed by atoms with Crippen molar-refractivity contribution in [3.05, 3.63) is 36.5 Å². The van der Waals surface area contributed by atoms with Gasteiger partial charge in [-0.05, 0) is 192 Å². The van der Waals surface area contributed by atoms with E-state index < -0.39 is 0 Å². The lowest BCUT2D eigenvalue weighted by Crippen LogP contribution is -2.46. The fraction of sp³-hybridized carbons (Fsp3) is 0.889. The number of hydrogen-bond acceptors (Lipinski definition) is 1. The van der Waals surface area contributed by atoms with Gasteiger partial charge in [0.05, 0.1) is 0 Å². The molecule has 3 fully saturated rings. The third-order valence-corrected chi connectivity index (χ3v) is 17.6. The predicted molar refractivity (Wildman–Crippen MR) is 243 cm³/mol. The van der Waals surface area contributed by atoms with Gasteiger partial charge in [0.2, 0.25) is 0 Å². The SMILES string of the molecule is CCC(/C=C\C(C)C1C=CCCC1C)CCC1CC(CCC(CC)CCC(C)C2CCC(C)CC2C)CC(CCC2CCC(C3CCC=CC3C)N(C)C2)C1. The molecule has 0 N–H and O–H groups in total. The second-order valence-electron chi connectivity index (χ2n) is 21.9. The first-order chi connectivity index (χ1) is 26.5. The van der Waals surface area contributed by atoms with Gasteiger partial charge in [-0.15, -0.1) is 0 Å². The third-order valence-electron chi connectivity index (χ3n) is 17.6. The normalized spacial score (nSPS) is 38.6. The van der Waals surface area contributed by atoms with Gasteiger partial charge in [0.1, 0.15) is 0 Å². The highest BCUT2D eigenvalue weighted by Crippen LogP contribution is 2.44. The van der Waals surface area contributed by atoms with Gasteiger partial charge in [-0.1, -0.05) is 137 Å².